The van der Waals surface area contributed by atoms with Crippen molar-refractivity contribution in [2.24, 2.45) is 0 Å². The highest BCUT2D eigenvalue weighted by atomic mass is 32.1. The van der Waals surface area contributed by atoms with Crippen LogP contribution in [-0.4, -0.2) is 17.2 Å². The fraction of sp³-hybridized carbons (Fsp3) is 0.143. The maximum atomic E-state index is 5.28. The number of hydrogen-bond donors (Lipinski definition) is 2. The quantitative estimate of drug-likeness (QED) is 0.841. The molecule has 0 aliphatic carbocycles. The third-order valence-electron chi connectivity index (χ3n) is 2.61. The van der Waals surface area contributed by atoms with Gasteiger partial charge in [-0.05, 0) is 43.4 Å². The predicted octanol–water partition coefficient (Wildman–Crippen LogP) is 3.21. The first-order valence-electron chi connectivity index (χ1n) is 5.83. The average molecular weight is 273 g/mol. The van der Waals surface area contributed by atoms with Gasteiger partial charge in [0.25, 0.3) is 0 Å². The van der Waals surface area contributed by atoms with Crippen molar-refractivity contribution in [3.05, 3.63) is 48.3 Å². The van der Waals surface area contributed by atoms with E-state index in [9.17, 15) is 0 Å². The second-order valence-electron chi connectivity index (χ2n) is 3.92. The Morgan fingerprint density at radius 2 is 1.79 bits per heavy atom. The summed E-state index contributed by atoms with van der Waals surface area (Å²) in [6.45, 7) is 1.92. The van der Waals surface area contributed by atoms with Gasteiger partial charge >= 0.3 is 0 Å². The highest BCUT2D eigenvalue weighted by Crippen LogP contribution is 2.23. The van der Waals surface area contributed by atoms with E-state index in [0.29, 0.717) is 5.11 Å². The third-order valence-corrected chi connectivity index (χ3v) is 2.81. The SMILES string of the molecule is COc1ccccc1NC(=S)Nc1cccnc1C. The Hall–Kier alpha value is -2.14. The van der Waals surface area contributed by atoms with Gasteiger partial charge < -0.3 is 15.4 Å². The second-order valence-corrected chi connectivity index (χ2v) is 4.32. The summed E-state index contributed by atoms with van der Waals surface area (Å²) in [7, 11) is 1.63. The normalized spacial score (nSPS) is 9.79. The van der Waals surface area contributed by atoms with Gasteiger partial charge in [-0.15, -0.1) is 0 Å². The van der Waals surface area contributed by atoms with Gasteiger partial charge in [0.05, 0.1) is 24.2 Å². The summed E-state index contributed by atoms with van der Waals surface area (Å²) in [6.07, 6.45) is 1.75. The van der Waals surface area contributed by atoms with Crippen LogP contribution in [0.5, 0.6) is 5.75 Å². The van der Waals surface area contributed by atoms with E-state index in [4.69, 9.17) is 17.0 Å². The zero-order valence-corrected chi connectivity index (χ0v) is 11.6. The first-order valence-corrected chi connectivity index (χ1v) is 6.24. The summed E-state index contributed by atoms with van der Waals surface area (Å²) in [6, 6.07) is 11.4. The molecule has 0 fully saturated rings. The molecule has 1 aromatic heterocycles. The van der Waals surface area contributed by atoms with Gasteiger partial charge in [0.15, 0.2) is 5.11 Å². The van der Waals surface area contributed by atoms with E-state index in [1.54, 1.807) is 13.3 Å². The van der Waals surface area contributed by atoms with Gasteiger partial charge in [0.2, 0.25) is 0 Å². The molecule has 2 N–H and O–H groups in total. The molecule has 0 atom stereocenters. The lowest BCUT2D eigenvalue weighted by Gasteiger charge is -2.14. The first kappa shape index (κ1) is 13.3. The van der Waals surface area contributed by atoms with Crippen LogP contribution in [0.15, 0.2) is 42.6 Å². The van der Waals surface area contributed by atoms with Crippen molar-refractivity contribution in [3.8, 4) is 5.75 Å². The van der Waals surface area contributed by atoms with Crippen LogP contribution in [0, 0.1) is 6.92 Å². The maximum absolute atomic E-state index is 5.28. The molecule has 0 radical (unpaired) electrons. The highest BCUT2D eigenvalue weighted by molar-refractivity contribution is 7.80. The molecule has 98 valence electrons. The molecule has 1 heterocycles. The van der Waals surface area contributed by atoms with Crippen LogP contribution >= 0.6 is 12.2 Å². The number of ether oxygens (including phenoxy) is 1. The molecule has 0 amide bonds. The molecule has 19 heavy (non-hydrogen) atoms. The van der Waals surface area contributed by atoms with Crippen LogP contribution in [0.3, 0.4) is 0 Å². The number of nitrogens with one attached hydrogen (secondary N) is 2. The lowest BCUT2D eigenvalue weighted by molar-refractivity contribution is 0.417. The summed E-state index contributed by atoms with van der Waals surface area (Å²) in [4.78, 5) is 4.20. The average Bonchev–Trinajstić information content (AvgIpc) is 2.42. The smallest absolute Gasteiger partial charge is 0.175 e. The van der Waals surface area contributed by atoms with Gasteiger partial charge in [-0.3, -0.25) is 4.98 Å². The summed E-state index contributed by atoms with van der Waals surface area (Å²) >= 11 is 5.28. The van der Waals surface area contributed by atoms with E-state index in [0.717, 1.165) is 22.8 Å². The van der Waals surface area contributed by atoms with Crippen molar-refractivity contribution in [3.63, 3.8) is 0 Å². The summed E-state index contributed by atoms with van der Waals surface area (Å²) in [5.41, 5.74) is 2.60. The van der Waals surface area contributed by atoms with Crippen molar-refractivity contribution in [1.82, 2.24) is 4.98 Å². The Morgan fingerprint density at radius 3 is 2.53 bits per heavy atom. The van der Waals surface area contributed by atoms with Crippen molar-refractivity contribution < 1.29 is 4.74 Å². The summed E-state index contributed by atoms with van der Waals surface area (Å²) < 4.78 is 5.26. The molecule has 5 heteroatoms. The number of methoxy groups -OCH3 is 1. The molecule has 2 aromatic rings. The van der Waals surface area contributed by atoms with Gasteiger partial charge in [0.1, 0.15) is 5.75 Å². The minimum atomic E-state index is 0.501. The number of para-hydroxylation sites is 2. The van der Waals surface area contributed by atoms with Crippen LogP contribution < -0.4 is 15.4 Å². The molecule has 0 saturated heterocycles. The van der Waals surface area contributed by atoms with Crippen molar-refractivity contribution in [1.29, 1.82) is 0 Å². The second kappa shape index (κ2) is 6.15. The molecule has 2 rings (SSSR count). The predicted molar refractivity (Wildman–Crippen MR) is 81.8 cm³/mol. The zero-order chi connectivity index (χ0) is 13.7. The van der Waals surface area contributed by atoms with Crippen LogP contribution in [0.1, 0.15) is 5.69 Å². The number of nitrogens with zero attached hydrogens (tertiary/aromatic N) is 1. The van der Waals surface area contributed by atoms with Gasteiger partial charge in [-0.1, -0.05) is 12.1 Å². The van der Waals surface area contributed by atoms with E-state index in [1.807, 2.05) is 43.3 Å². The molecule has 4 nitrogen and oxygen atoms in total. The van der Waals surface area contributed by atoms with E-state index in [2.05, 4.69) is 15.6 Å². The number of thiocarbonyl (C=S) groups is 1. The Kier molecular flexibility index (Phi) is 4.30. The van der Waals surface area contributed by atoms with Gasteiger partial charge in [0, 0.05) is 6.20 Å². The molecule has 0 aliphatic rings. The lowest BCUT2D eigenvalue weighted by Crippen LogP contribution is -2.20. The van der Waals surface area contributed by atoms with Gasteiger partial charge in [-0.25, -0.2) is 0 Å². The van der Waals surface area contributed by atoms with Gasteiger partial charge in [-0.2, -0.15) is 0 Å². The van der Waals surface area contributed by atoms with Crippen LogP contribution in [0.2, 0.25) is 0 Å². The number of rotatable bonds is 3. The largest absolute Gasteiger partial charge is 0.495 e. The number of hydrogen-bond acceptors (Lipinski definition) is 3. The Morgan fingerprint density at radius 1 is 1.11 bits per heavy atom. The van der Waals surface area contributed by atoms with E-state index in [-0.39, 0.29) is 0 Å². The number of aryl methyl sites for hydroxylation is 1. The molecule has 0 spiro atoms. The molecule has 1 aromatic carbocycles. The minimum Gasteiger partial charge on any atom is -0.495 e. The van der Waals surface area contributed by atoms with Crippen LogP contribution in [0.4, 0.5) is 11.4 Å². The van der Waals surface area contributed by atoms with Crippen LogP contribution in [0.25, 0.3) is 0 Å². The topological polar surface area (TPSA) is 46.2 Å². The number of anilines is 2. The summed E-state index contributed by atoms with van der Waals surface area (Å²) in [5, 5.41) is 6.72. The Balaban J connectivity index is 2.08. The summed E-state index contributed by atoms with van der Waals surface area (Å²) in [5.74, 6) is 0.745. The van der Waals surface area contributed by atoms with E-state index in [1.165, 1.54) is 0 Å². The Labute approximate surface area is 117 Å². The molecule has 0 unspecified atom stereocenters. The highest BCUT2D eigenvalue weighted by Gasteiger charge is 2.05. The fourth-order valence-corrected chi connectivity index (χ4v) is 1.86. The molecular formula is C14H15N3OS. The monoisotopic (exact) mass is 273 g/mol. The Bertz CT molecular complexity index is 586. The minimum absolute atomic E-state index is 0.501. The van der Waals surface area contributed by atoms with Crippen molar-refractivity contribution >= 4 is 28.7 Å². The van der Waals surface area contributed by atoms with Crippen LogP contribution in [-0.2, 0) is 0 Å². The number of aromatic nitrogens is 1. The fourth-order valence-electron chi connectivity index (χ4n) is 1.64. The van der Waals surface area contributed by atoms with E-state index >= 15 is 0 Å². The van der Waals surface area contributed by atoms with Crippen molar-refractivity contribution in [2.75, 3.05) is 17.7 Å². The third kappa shape index (κ3) is 3.42. The molecule has 0 saturated carbocycles. The zero-order valence-electron chi connectivity index (χ0n) is 10.8. The van der Waals surface area contributed by atoms with E-state index < -0.39 is 0 Å². The van der Waals surface area contributed by atoms with Crippen molar-refractivity contribution in [2.45, 2.75) is 6.92 Å². The number of benzene rings is 1. The number of pyridine rings is 1. The standard InChI is InChI=1S/C14H15N3OS/c1-10-11(7-5-9-15-10)16-14(19)17-12-6-3-4-8-13(12)18-2/h3-9H,1-2H3,(H2,16,17,19). The first-order chi connectivity index (χ1) is 9.20. The molecular weight excluding hydrogens is 258 g/mol. The maximum Gasteiger partial charge on any atom is 0.175 e. The lowest BCUT2D eigenvalue weighted by atomic mass is 10.3. The molecule has 0 bridgehead atoms. The molecule has 0 aliphatic heterocycles.